The van der Waals surface area contributed by atoms with Gasteiger partial charge in [-0.3, -0.25) is 0 Å². The van der Waals surface area contributed by atoms with Crippen molar-refractivity contribution in [3.63, 3.8) is 0 Å². The van der Waals surface area contributed by atoms with Crippen molar-refractivity contribution in [2.75, 3.05) is 13.1 Å². The molecule has 0 unspecified atom stereocenters. The molecule has 2 aromatic rings. The van der Waals surface area contributed by atoms with Gasteiger partial charge >= 0.3 is 0 Å². The molecule has 4 heteroatoms. The third-order valence-corrected chi connectivity index (χ3v) is 6.31. The van der Waals surface area contributed by atoms with Crippen LogP contribution in [-0.4, -0.2) is 25.8 Å². The Morgan fingerprint density at radius 2 is 1.83 bits per heavy atom. The lowest BCUT2D eigenvalue weighted by molar-refractivity contribution is 0.415. The molecule has 2 aromatic carbocycles. The van der Waals surface area contributed by atoms with Gasteiger partial charge in [-0.1, -0.05) is 48.0 Å². The molecule has 1 aliphatic rings. The summed E-state index contributed by atoms with van der Waals surface area (Å²) in [5, 5.41) is 0. The highest BCUT2D eigenvalue weighted by atomic mass is 32.2. The van der Waals surface area contributed by atoms with Crippen LogP contribution in [-0.2, 0) is 16.4 Å². The molecule has 1 heterocycles. The van der Waals surface area contributed by atoms with Crippen molar-refractivity contribution in [2.24, 2.45) is 0 Å². The number of sulfonamides is 1. The standard InChI is InChI=1S/C19H21NO2S/c1-3-16-14-20(13-12-17-6-4-5-7-19(16)17)23(21,22)18-10-8-15(2)9-11-18/h3-11,16H,1,12-14H2,2H3/t16-/m0/s1. The summed E-state index contributed by atoms with van der Waals surface area (Å²) in [5.74, 6) is 0.0222. The van der Waals surface area contributed by atoms with Crippen LogP contribution in [0, 0.1) is 6.92 Å². The lowest BCUT2D eigenvalue weighted by atomic mass is 9.94. The minimum absolute atomic E-state index is 0.0222. The maximum absolute atomic E-state index is 13.0. The van der Waals surface area contributed by atoms with Gasteiger partial charge in [-0.25, -0.2) is 8.42 Å². The SMILES string of the molecule is C=C[C@H]1CN(S(=O)(=O)c2ccc(C)cc2)CCc2ccccc21. The van der Waals surface area contributed by atoms with Gasteiger partial charge in [0.15, 0.2) is 0 Å². The average molecular weight is 327 g/mol. The molecule has 0 amide bonds. The van der Waals surface area contributed by atoms with Gasteiger partial charge in [0.1, 0.15) is 0 Å². The molecule has 3 rings (SSSR count). The largest absolute Gasteiger partial charge is 0.243 e. The van der Waals surface area contributed by atoms with Crippen molar-refractivity contribution >= 4 is 10.0 Å². The quantitative estimate of drug-likeness (QED) is 0.809. The Balaban J connectivity index is 1.95. The molecule has 3 nitrogen and oxygen atoms in total. The lowest BCUT2D eigenvalue weighted by Crippen LogP contribution is -2.34. The third-order valence-electron chi connectivity index (χ3n) is 4.43. The fraction of sp³-hybridized carbons (Fsp3) is 0.263. The van der Waals surface area contributed by atoms with Crippen LogP contribution in [0.4, 0.5) is 0 Å². The number of benzene rings is 2. The summed E-state index contributed by atoms with van der Waals surface area (Å²) in [6.45, 7) is 6.79. The van der Waals surface area contributed by atoms with Crippen LogP contribution < -0.4 is 0 Å². The molecular weight excluding hydrogens is 306 g/mol. The van der Waals surface area contributed by atoms with Crippen molar-refractivity contribution in [1.29, 1.82) is 0 Å². The number of nitrogens with zero attached hydrogens (tertiary/aromatic N) is 1. The van der Waals surface area contributed by atoms with E-state index in [1.54, 1.807) is 16.4 Å². The molecule has 0 N–H and O–H groups in total. The van der Waals surface area contributed by atoms with Crippen molar-refractivity contribution in [3.05, 3.63) is 77.9 Å². The van der Waals surface area contributed by atoms with E-state index in [4.69, 9.17) is 0 Å². The zero-order chi connectivity index (χ0) is 16.4. The first-order chi connectivity index (χ1) is 11.0. The Kier molecular flexibility index (Phi) is 4.37. The van der Waals surface area contributed by atoms with Crippen molar-refractivity contribution < 1.29 is 8.42 Å². The predicted molar refractivity (Wildman–Crippen MR) is 93.0 cm³/mol. The summed E-state index contributed by atoms with van der Waals surface area (Å²) in [5.41, 5.74) is 3.44. The normalized spacial score (nSPS) is 18.9. The fourth-order valence-corrected chi connectivity index (χ4v) is 4.52. The Morgan fingerprint density at radius 3 is 2.52 bits per heavy atom. The van der Waals surface area contributed by atoms with Crippen LogP contribution in [0.2, 0.25) is 0 Å². The van der Waals surface area contributed by atoms with Crippen LogP contribution in [0.15, 0.2) is 66.1 Å². The van der Waals surface area contributed by atoms with Gasteiger partial charge in [0, 0.05) is 19.0 Å². The summed E-state index contributed by atoms with van der Waals surface area (Å²) >= 11 is 0. The summed E-state index contributed by atoms with van der Waals surface area (Å²) in [6, 6.07) is 15.2. The lowest BCUT2D eigenvalue weighted by Gasteiger charge is -2.23. The van der Waals surface area contributed by atoms with E-state index in [2.05, 4.69) is 18.7 Å². The topological polar surface area (TPSA) is 37.4 Å². The first-order valence-corrected chi connectivity index (χ1v) is 9.23. The van der Waals surface area contributed by atoms with E-state index in [0.29, 0.717) is 18.0 Å². The molecule has 0 spiro atoms. The van der Waals surface area contributed by atoms with Gasteiger partial charge < -0.3 is 0 Å². The molecule has 0 fully saturated rings. The van der Waals surface area contributed by atoms with Gasteiger partial charge in [0.2, 0.25) is 10.0 Å². The predicted octanol–water partition coefficient (Wildman–Crippen LogP) is 3.51. The fourth-order valence-electron chi connectivity index (χ4n) is 3.06. The number of fused-ring (bicyclic) bond motifs is 1. The monoisotopic (exact) mass is 327 g/mol. The summed E-state index contributed by atoms with van der Waals surface area (Å²) in [7, 11) is -3.48. The Labute approximate surface area is 138 Å². The molecule has 23 heavy (non-hydrogen) atoms. The van der Waals surface area contributed by atoms with Gasteiger partial charge in [0.25, 0.3) is 0 Å². The van der Waals surface area contributed by atoms with E-state index < -0.39 is 10.0 Å². The average Bonchev–Trinajstić information content (AvgIpc) is 2.75. The molecule has 1 aliphatic heterocycles. The first-order valence-electron chi connectivity index (χ1n) is 7.79. The van der Waals surface area contributed by atoms with Crippen molar-refractivity contribution in [3.8, 4) is 0 Å². The van der Waals surface area contributed by atoms with Crippen LogP contribution in [0.5, 0.6) is 0 Å². The Morgan fingerprint density at radius 1 is 1.13 bits per heavy atom. The van der Waals surface area contributed by atoms with E-state index in [9.17, 15) is 8.42 Å². The molecule has 0 aliphatic carbocycles. The van der Waals surface area contributed by atoms with Gasteiger partial charge in [-0.2, -0.15) is 4.31 Å². The molecule has 1 atom stereocenters. The highest BCUT2D eigenvalue weighted by Gasteiger charge is 2.29. The maximum Gasteiger partial charge on any atom is 0.243 e. The summed E-state index contributed by atoms with van der Waals surface area (Å²) in [6.07, 6.45) is 2.58. The first kappa shape index (κ1) is 16.0. The van der Waals surface area contributed by atoms with E-state index in [1.165, 1.54) is 11.1 Å². The van der Waals surface area contributed by atoms with E-state index in [-0.39, 0.29) is 5.92 Å². The molecule has 0 saturated heterocycles. The number of hydrogen-bond acceptors (Lipinski definition) is 2. The van der Waals surface area contributed by atoms with Crippen LogP contribution in [0.25, 0.3) is 0 Å². The number of hydrogen-bond donors (Lipinski definition) is 0. The minimum Gasteiger partial charge on any atom is -0.207 e. The zero-order valence-corrected chi connectivity index (χ0v) is 14.1. The number of rotatable bonds is 3. The highest BCUT2D eigenvalue weighted by molar-refractivity contribution is 7.89. The molecule has 0 aromatic heterocycles. The summed E-state index contributed by atoms with van der Waals surface area (Å²) in [4.78, 5) is 0.358. The van der Waals surface area contributed by atoms with Crippen LogP contribution >= 0.6 is 0 Å². The van der Waals surface area contributed by atoms with Gasteiger partial charge in [-0.15, -0.1) is 6.58 Å². The van der Waals surface area contributed by atoms with E-state index >= 15 is 0 Å². The maximum atomic E-state index is 13.0. The molecule has 0 saturated carbocycles. The van der Waals surface area contributed by atoms with Gasteiger partial charge in [0.05, 0.1) is 4.90 Å². The Hall–Kier alpha value is -1.91. The van der Waals surface area contributed by atoms with E-state index in [0.717, 1.165) is 12.0 Å². The second-order valence-corrected chi connectivity index (χ2v) is 7.91. The van der Waals surface area contributed by atoms with Crippen molar-refractivity contribution in [1.82, 2.24) is 4.31 Å². The van der Waals surface area contributed by atoms with Crippen LogP contribution in [0.3, 0.4) is 0 Å². The van der Waals surface area contributed by atoms with Crippen molar-refractivity contribution in [2.45, 2.75) is 24.2 Å². The molecule has 0 bridgehead atoms. The smallest absolute Gasteiger partial charge is 0.207 e. The minimum atomic E-state index is -3.48. The Bertz CT molecular complexity index is 810. The summed E-state index contributed by atoms with van der Waals surface area (Å²) < 4.78 is 27.5. The molecule has 120 valence electrons. The van der Waals surface area contributed by atoms with E-state index in [1.807, 2.05) is 37.3 Å². The molecular formula is C19H21NO2S. The molecule has 0 radical (unpaired) electrons. The zero-order valence-electron chi connectivity index (χ0n) is 13.3. The second-order valence-electron chi connectivity index (χ2n) is 5.97. The van der Waals surface area contributed by atoms with Crippen LogP contribution in [0.1, 0.15) is 22.6 Å². The third kappa shape index (κ3) is 3.09. The highest BCUT2D eigenvalue weighted by Crippen LogP contribution is 2.29. The second kappa shape index (κ2) is 6.30. The van der Waals surface area contributed by atoms with Gasteiger partial charge in [-0.05, 0) is 36.6 Å². The number of aryl methyl sites for hydroxylation is 1.